The Balaban J connectivity index is 1.23. The van der Waals surface area contributed by atoms with Crippen molar-refractivity contribution in [3.63, 3.8) is 0 Å². The highest BCUT2D eigenvalue weighted by Gasteiger charge is 2.34. The molecule has 244 valence electrons. The largest absolute Gasteiger partial charge is 0.463 e. The first-order chi connectivity index (χ1) is 23.1. The number of amides is 1. The zero-order valence-corrected chi connectivity index (χ0v) is 26.0. The number of piperazine rings is 1. The molecule has 0 saturated carbocycles. The van der Waals surface area contributed by atoms with E-state index < -0.39 is 32.7 Å². The average molecular weight is 673 g/mol. The molecule has 2 aromatic heterocycles. The fourth-order valence-corrected chi connectivity index (χ4v) is 6.87. The van der Waals surface area contributed by atoms with Crippen molar-refractivity contribution < 1.29 is 30.6 Å². The topological polar surface area (TPSA) is 126 Å². The van der Waals surface area contributed by atoms with Gasteiger partial charge in [0, 0.05) is 48.0 Å². The molecule has 4 heterocycles. The summed E-state index contributed by atoms with van der Waals surface area (Å²) in [5, 5.41) is 7.36. The molecule has 2 bridgehead atoms. The van der Waals surface area contributed by atoms with E-state index in [2.05, 4.69) is 31.5 Å². The summed E-state index contributed by atoms with van der Waals surface area (Å²) >= 11 is 0. The van der Waals surface area contributed by atoms with Gasteiger partial charge in [0.15, 0.2) is 5.82 Å². The minimum atomic E-state index is -4.95. The Morgan fingerprint density at radius 1 is 1.08 bits per heavy atom. The lowest BCUT2D eigenvalue weighted by molar-refractivity contribution is -0.116. The summed E-state index contributed by atoms with van der Waals surface area (Å²) < 4.78 is 73.0. The summed E-state index contributed by atoms with van der Waals surface area (Å²) in [7, 11) is -4.95. The van der Waals surface area contributed by atoms with Crippen molar-refractivity contribution in [1.82, 2.24) is 20.3 Å². The molecular formula is C34H27F3N6O4S. The van der Waals surface area contributed by atoms with E-state index in [1.54, 1.807) is 24.3 Å². The molecule has 14 heteroatoms. The maximum absolute atomic E-state index is 16.6. The summed E-state index contributed by atoms with van der Waals surface area (Å²) in [6, 6.07) is 13.0. The van der Waals surface area contributed by atoms with Gasteiger partial charge in [-0.2, -0.15) is 18.4 Å². The highest BCUT2D eigenvalue weighted by atomic mass is 32.3. The van der Waals surface area contributed by atoms with Gasteiger partial charge in [-0.05, 0) is 42.5 Å². The number of hydrogen-bond donors (Lipinski definition) is 2. The molecule has 2 N–H and O–H groups in total. The Morgan fingerprint density at radius 3 is 2.60 bits per heavy atom. The number of carbonyl (C=O) groups excluding carboxylic acids is 1. The normalized spacial score (nSPS) is 17.4. The lowest BCUT2D eigenvalue weighted by Crippen LogP contribution is -2.51. The third-order valence-electron chi connectivity index (χ3n) is 8.51. The van der Waals surface area contributed by atoms with E-state index in [1.807, 2.05) is 4.90 Å². The summed E-state index contributed by atoms with van der Waals surface area (Å²) in [5.74, 6) is 0.861. The van der Waals surface area contributed by atoms with Gasteiger partial charge in [0.1, 0.15) is 34.3 Å². The zero-order chi connectivity index (χ0) is 33.6. The van der Waals surface area contributed by atoms with Crippen LogP contribution in [0.4, 0.5) is 24.2 Å². The highest BCUT2D eigenvalue weighted by molar-refractivity contribution is 7.86. The summed E-state index contributed by atoms with van der Waals surface area (Å²) in [5.41, 5.74) is 0.214. The minimum Gasteiger partial charge on any atom is -0.463 e. The Labute approximate surface area is 273 Å². The number of carbonyl (C=O) groups is 1. The van der Waals surface area contributed by atoms with Crippen molar-refractivity contribution in [2.75, 3.05) is 29.9 Å². The zero-order valence-electron chi connectivity index (χ0n) is 25.2. The molecule has 3 aromatic carbocycles. The van der Waals surface area contributed by atoms with Gasteiger partial charge in [-0.15, -0.1) is 10.3 Å². The lowest BCUT2D eigenvalue weighted by Gasteiger charge is -2.34. The van der Waals surface area contributed by atoms with Crippen LogP contribution in [0.15, 0.2) is 65.7 Å². The Bertz CT molecular complexity index is 2250. The van der Waals surface area contributed by atoms with E-state index >= 15 is 4.39 Å². The van der Waals surface area contributed by atoms with Crippen LogP contribution < -0.4 is 20.3 Å². The maximum atomic E-state index is 16.6. The fourth-order valence-electron chi connectivity index (χ4n) is 6.36. The average Bonchev–Trinajstić information content (AvgIpc) is 3.41. The standard InChI is InChI=1S/C34H27F3N6O4S/c1-2-24-27(35)12-9-19-5-3-8-25(29(19)24)31-30(36)32-26(16-38-31)33(43-17-21-10-11-22(18-43)39-21)42-34(41-32)47-14-13-28(44)40-20-6-4-7-23(15-20)48(37,45)46/h1,3-9,12,15-16,21-22,39H,10-11,13-14,17-18H2,(H,40,44). The van der Waals surface area contributed by atoms with Gasteiger partial charge in [0.2, 0.25) is 5.91 Å². The summed E-state index contributed by atoms with van der Waals surface area (Å²) in [6.07, 6.45) is 8.93. The molecule has 2 fully saturated rings. The van der Waals surface area contributed by atoms with Gasteiger partial charge in [-0.3, -0.25) is 9.78 Å². The first kappa shape index (κ1) is 31.3. The molecule has 2 atom stereocenters. The van der Waals surface area contributed by atoms with Crippen LogP contribution in [0.2, 0.25) is 0 Å². The van der Waals surface area contributed by atoms with Crippen LogP contribution in [0.5, 0.6) is 6.01 Å². The first-order valence-corrected chi connectivity index (χ1v) is 16.5. The monoisotopic (exact) mass is 672 g/mol. The number of halogens is 3. The molecule has 2 aliphatic heterocycles. The van der Waals surface area contributed by atoms with E-state index in [1.165, 1.54) is 24.4 Å². The summed E-state index contributed by atoms with van der Waals surface area (Å²) in [4.78, 5) is 27.5. The molecule has 2 saturated heterocycles. The number of pyridine rings is 1. The van der Waals surface area contributed by atoms with Gasteiger partial charge in [0.05, 0.1) is 17.4 Å². The Hall–Kier alpha value is -5.26. The number of rotatable bonds is 8. The predicted octanol–water partition coefficient (Wildman–Crippen LogP) is 5.11. The van der Waals surface area contributed by atoms with Crippen LogP contribution >= 0.6 is 0 Å². The van der Waals surface area contributed by atoms with E-state index in [4.69, 9.17) is 11.2 Å². The Kier molecular flexibility index (Phi) is 8.10. The van der Waals surface area contributed by atoms with E-state index in [9.17, 15) is 21.5 Å². The van der Waals surface area contributed by atoms with Crippen molar-refractivity contribution in [3.05, 3.63) is 78.0 Å². The van der Waals surface area contributed by atoms with Crippen molar-refractivity contribution in [3.8, 4) is 29.6 Å². The molecule has 2 aliphatic rings. The number of fused-ring (bicyclic) bond motifs is 4. The van der Waals surface area contributed by atoms with Crippen LogP contribution in [-0.4, -0.2) is 61.1 Å². The maximum Gasteiger partial charge on any atom is 0.332 e. The molecule has 5 aromatic rings. The molecule has 0 spiro atoms. The third kappa shape index (κ3) is 5.98. The molecule has 0 aliphatic carbocycles. The highest BCUT2D eigenvalue weighted by Crippen LogP contribution is 2.37. The first-order valence-electron chi connectivity index (χ1n) is 15.1. The molecule has 7 rings (SSSR count). The van der Waals surface area contributed by atoms with Crippen molar-refractivity contribution in [2.45, 2.75) is 36.2 Å². The van der Waals surface area contributed by atoms with Gasteiger partial charge in [-0.25, -0.2) is 8.78 Å². The predicted molar refractivity (Wildman–Crippen MR) is 174 cm³/mol. The Morgan fingerprint density at radius 2 is 1.85 bits per heavy atom. The molecular weight excluding hydrogens is 645 g/mol. The van der Waals surface area contributed by atoms with Crippen LogP contribution in [0, 0.1) is 24.0 Å². The number of nitrogens with zero attached hydrogens (tertiary/aromatic N) is 4. The third-order valence-corrected chi connectivity index (χ3v) is 9.33. The number of anilines is 2. The SMILES string of the molecule is C#Cc1c(F)ccc2cccc(-c3ncc4c(N5CC6CCC(C5)N6)nc(OCCC(=O)Nc5cccc(S(=O)(=O)F)c5)nc4c3F)c12. The second kappa shape index (κ2) is 12.4. The van der Waals surface area contributed by atoms with Crippen LogP contribution in [0.1, 0.15) is 24.8 Å². The van der Waals surface area contributed by atoms with E-state index in [0.29, 0.717) is 40.6 Å². The van der Waals surface area contributed by atoms with Gasteiger partial charge < -0.3 is 20.3 Å². The fraction of sp³-hybridized carbons (Fsp3) is 0.235. The number of benzene rings is 3. The quantitative estimate of drug-likeness (QED) is 0.171. The van der Waals surface area contributed by atoms with Crippen LogP contribution in [0.25, 0.3) is 32.9 Å². The number of nitrogens with one attached hydrogen (secondary N) is 2. The number of hydrogen-bond acceptors (Lipinski definition) is 9. The van der Waals surface area contributed by atoms with Gasteiger partial charge >= 0.3 is 16.2 Å². The molecule has 1 amide bonds. The van der Waals surface area contributed by atoms with Gasteiger partial charge in [-0.1, -0.05) is 36.3 Å². The second-order valence-corrected chi connectivity index (χ2v) is 13.0. The number of ether oxygens (including phenoxy) is 1. The number of aromatic nitrogens is 3. The van der Waals surface area contributed by atoms with E-state index in [-0.39, 0.29) is 53.6 Å². The second-order valence-electron chi connectivity index (χ2n) is 11.6. The number of terminal acetylenes is 1. The molecule has 10 nitrogen and oxygen atoms in total. The van der Waals surface area contributed by atoms with Crippen molar-refractivity contribution in [1.29, 1.82) is 0 Å². The van der Waals surface area contributed by atoms with Crippen LogP contribution in [-0.2, 0) is 15.0 Å². The van der Waals surface area contributed by atoms with Gasteiger partial charge in [0.25, 0.3) is 0 Å². The molecule has 0 radical (unpaired) electrons. The van der Waals surface area contributed by atoms with Crippen molar-refractivity contribution in [2.24, 2.45) is 0 Å². The molecule has 48 heavy (non-hydrogen) atoms. The minimum absolute atomic E-state index is 0.00981. The lowest BCUT2D eigenvalue weighted by atomic mass is 9.96. The molecule has 2 unspecified atom stereocenters. The van der Waals surface area contributed by atoms with Crippen LogP contribution in [0.3, 0.4) is 0 Å². The van der Waals surface area contributed by atoms with E-state index in [0.717, 1.165) is 25.0 Å². The van der Waals surface area contributed by atoms with Crippen molar-refractivity contribution >= 4 is 49.3 Å². The summed E-state index contributed by atoms with van der Waals surface area (Å²) in [6.45, 7) is 1.03. The smallest absolute Gasteiger partial charge is 0.332 e.